The molecule has 118 valence electrons. The Bertz CT molecular complexity index is 759. The molecule has 2 aromatic rings. The number of hydrogen-bond acceptors (Lipinski definition) is 3. The second kappa shape index (κ2) is 6.20. The van der Waals surface area contributed by atoms with Crippen LogP contribution in [0.2, 0.25) is 0 Å². The fourth-order valence-electron chi connectivity index (χ4n) is 2.69. The van der Waals surface area contributed by atoms with Gasteiger partial charge in [0.25, 0.3) is 5.91 Å². The molecule has 1 aliphatic rings. The van der Waals surface area contributed by atoms with Crippen molar-refractivity contribution in [2.45, 2.75) is 19.4 Å². The normalized spacial score (nSPS) is 14.3. The summed E-state index contributed by atoms with van der Waals surface area (Å²) in [4.78, 5) is 26.1. The molecule has 4 nitrogen and oxygen atoms in total. The van der Waals surface area contributed by atoms with E-state index in [4.69, 9.17) is 4.74 Å². The number of hydrogen-bond donors (Lipinski definition) is 0. The lowest BCUT2D eigenvalue weighted by Gasteiger charge is -2.21. The van der Waals surface area contributed by atoms with E-state index in [1.165, 1.54) is 25.1 Å². The summed E-state index contributed by atoms with van der Waals surface area (Å²) in [6.45, 7) is 2.06. The Hall–Kier alpha value is -2.69. The van der Waals surface area contributed by atoms with Gasteiger partial charge in [-0.05, 0) is 37.1 Å². The molecule has 1 aliphatic heterocycles. The van der Waals surface area contributed by atoms with Crippen molar-refractivity contribution >= 4 is 17.6 Å². The molecule has 5 heteroatoms. The molecule has 2 aromatic carbocycles. The molecule has 1 unspecified atom stereocenters. The molecular weight excluding hydrogens is 297 g/mol. The SMILES string of the molecule is CC(OC(=O)c1ccccc1F)C(=O)N1CCc2ccccc21. The van der Waals surface area contributed by atoms with Gasteiger partial charge < -0.3 is 9.64 Å². The molecule has 23 heavy (non-hydrogen) atoms. The Morgan fingerprint density at radius 2 is 1.83 bits per heavy atom. The summed E-state index contributed by atoms with van der Waals surface area (Å²) in [5.41, 5.74) is 1.76. The lowest BCUT2D eigenvalue weighted by Crippen LogP contribution is -2.39. The average Bonchev–Trinajstić information content (AvgIpc) is 2.98. The van der Waals surface area contributed by atoms with E-state index < -0.39 is 17.9 Å². The van der Waals surface area contributed by atoms with E-state index in [0.29, 0.717) is 6.54 Å². The monoisotopic (exact) mass is 313 g/mol. The maximum atomic E-state index is 13.6. The lowest BCUT2D eigenvalue weighted by atomic mass is 10.2. The Kier molecular flexibility index (Phi) is 4.10. The van der Waals surface area contributed by atoms with E-state index in [2.05, 4.69) is 0 Å². The van der Waals surface area contributed by atoms with Crippen molar-refractivity contribution in [2.75, 3.05) is 11.4 Å². The fraction of sp³-hybridized carbons (Fsp3) is 0.222. The van der Waals surface area contributed by atoms with Crippen LogP contribution < -0.4 is 4.90 Å². The van der Waals surface area contributed by atoms with E-state index in [1.807, 2.05) is 24.3 Å². The molecule has 0 radical (unpaired) electrons. The predicted octanol–water partition coefficient (Wildman–Crippen LogP) is 2.96. The average molecular weight is 313 g/mol. The van der Waals surface area contributed by atoms with Gasteiger partial charge in [0, 0.05) is 12.2 Å². The molecule has 0 N–H and O–H groups in total. The van der Waals surface area contributed by atoms with Crippen molar-refractivity contribution in [1.29, 1.82) is 0 Å². The molecule has 1 heterocycles. The minimum absolute atomic E-state index is 0.172. The number of nitrogens with zero attached hydrogens (tertiary/aromatic N) is 1. The van der Waals surface area contributed by atoms with Crippen molar-refractivity contribution < 1.29 is 18.7 Å². The summed E-state index contributed by atoms with van der Waals surface area (Å²) in [5, 5.41) is 0. The van der Waals surface area contributed by atoms with E-state index >= 15 is 0 Å². The molecule has 0 spiro atoms. The zero-order valence-corrected chi connectivity index (χ0v) is 12.7. The Balaban J connectivity index is 1.72. The molecule has 0 saturated heterocycles. The zero-order chi connectivity index (χ0) is 16.4. The Labute approximate surface area is 133 Å². The molecule has 1 atom stereocenters. The highest BCUT2D eigenvalue weighted by atomic mass is 19.1. The number of rotatable bonds is 3. The minimum Gasteiger partial charge on any atom is -0.449 e. The van der Waals surface area contributed by atoms with Crippen LogP contribution in [0.3, 0.4) is 0 Å². The second-order valence-electron chi connectivity index (χ2n) is 5.40. The van der Waals surface area contributed by atoms with Gasteiger partial charge in [-0.25, -0.2) is 9.18 Å². The van der Waals surface area contributed by atoms with Crippen LogP contribution in [-0.2, 0) is 16.0 Å². The molecular formula is C18H16FNO3. The largest absolute Gasteiger partial charge is 0.449 e. The fourth-order valence-corrected chi connectivity index (χ4v) is 2.69. The maximum absolute atomic E-state index is 13.6. The highest BCUT2D eigenvalue weighted by Gasteiger charge is 2.30. The van der Waals surface area contributed by atoms with Crippen molar-refractivity contribution in [2.24, 2.45) is 0 Å². The summed E-state index contributed by atoms with van der Waals surface area (Å²) in [7, 11) is 0. The van der Waals surface area contributed by atoms with Gasteiger partial charge in [-0.2, -0.15) is 0 Å². The van der Waals surface area contributed by atoms with Crippen LogP contribution in [-0.4, -0.2) is 24.5 Å². The predicted molar refractivity (Wildman–Crippen MR) is 83.8 cm³/mol. The first-order chi connectivity index (χ1) is 11.1. The van der Waals surface area contributed by atoms with Gasteiger partial charge >= 0.3 is 5.97 Å². The second-order valence-corrected chi connectivity index (χ2v) is 5.40. The number of fused-ring (bicyclic) bond motifs is 1. The molecule has 0 aliphatic carbocycles. The van der Waals surface area contributed by atoms with E-state index in [-0.39, 0.29) is 11.5 Å². The quantitative estimate of drug-likeness (QED) is 0.819. The third-order valence-corrected chi connectivity index (χ3v) is 3.88. The van der Waals surface area contributed by atoms with Crippen LogP contribution in [0.25, 0.3) is 0 Å². The van der Waals surface area contributed by atoms with Gasteiger partial charge in [0.05, 0.1) is 5.56 Å². The number of benzene rings is 2. The zero-order valence-electron chi connectivity index (χ0n) is 12.7. The van der Waals surface area contributed by atoms with Crippen molar-refractivity contribution in [3.8, 4) is 0 Å². The highest BCUT2D eigenvalue weighted by molar-refractivity contribution is 6.00. The smallest absolute Gasteiger partial charge is 0.341 e. The van der Waals surface area contributed by atoms with Crippen molar-refractivity contribution in [3.05, 3.63) is 65.5 Å². The standard InChI is InChI=1S/C18H16FNO3/c1-12(23-18(22)14-7-3-4-8-15(14)19)17(21)20-11-10-13-6-2-5-9-16(13)20/h2-9,12H,10-11H2,1H3. The molecule has 0 aromatic heterocycles. The van der Waals surface area contributed by atoms with E-state index in [0.717, 1.165) is 17.7 Å². The van der Waals surface area contributed by atoms with Gasteiger partial charge in [0.1, 0.15) is 5.82 Å². The van der Waals surface area contributed by atoms with Gasteiger partial charge in [0.15, 0.2) is 6.10 Å². The lowest BCUT2D eigenvalue weighted by molar-refractivity contribution is -0.126. The summed E-state index contributed by atoms with van der Waals surface area (Å²) in [5.74, 6) is -1.81. The number of amides is 1. The summed E-state index contributed by atoms with van der Waals surface area (Å²) >= 11 is 0. The number of carbonyl (C=O) groups is 2. The first kappa shape index (κ1) is 15.2. The van der Waals surface area contributed by atoms with Crippen LogP contribution in [0.15, 0.2) is 48.5 Å². The molecule has 3 rings (SSSR count). The van der Waals surface area contributed by atoms with Gasteiger partial charge in [-0.3, -0.25) is 4.79 Å². The number of carbonyl (C=O) groups excluding carboxylic acids is 2. The van der Waals surface area contributed by atoms with E-state index in [9.17, 15) is 14.0 Å². The first-order valence-corrected chi connectivity index (χ1v) is 7.42. The number of ether oxygens (including phenoxy) is 1. The number of para-hydroxylation sites is 1. The molecule has 0 saturated carbocycles. The number of halogens is 1. The van der Waals surface area contributed by atoms with Gasteiger partial charge in [-0.1, -0.05) is 30.3 Å². The molecule has 0 fully saturated rings. The van der Waals surface area contributed by atoms with Crippen LogP contribution in [0, 0.1) is 5.82 Å². The van der Waals surface area contributed by atoms with Crippen molar-refractivity contribution in [3.63, 3.8) is 0 Å². The van der Waals surface area contributed by atoms with Crippen LogP contribution >= 0.6 is 0 Å². The Morgan fingerprint density at radius 1 is 1.13 bits per heavy atom. The van der Waals surface area contributed by atoms with Crippen LogP contribution in [0.1, 0.15) is 22.8 Å². The topological polar surface area (TPSA) is 46.6 Å². The van der Waals surface area contributed by atoms with Crippen LogP contribution in [0.5, 0.6) is 0 Å². The number of esters is 1. The maximum Gasteiger partial charge on any atom is 0.341 e. The summed E-state index contributed by atoms with van der Waals surface area (Å²) < 4.78 is 18.7. The van der Waals surface area contributed by atoms with E-state index in [1.54, 1.807) is 11.0 Å². The van der Waals surface area contributed by atoms with Crippen molar-refractivity contribution in [1.82, 2.24) is 0 Å². The first-order valence-electron chi connectivity index (χ1n) is 7.42. The molecule has 0 bridgehead atoms. The summed E-state index contributed by atoms with van der Waals surface area (Å²) in [6.07, 6.45) is -0.205. The summed E-state index contributed by atoms with van der Waals surface area (Å²) in [6, 6.07) is 13.2. The molecule has 1 amide bonds. The van der Waals surface area contributed by atoms with Gasteiger partial charge in [-0.15, -0.1) is 0 Å². The Morgan fingerprint density at radius 3 is 2.61 bits per heavy atom. The number of anilines is 1. The third kappa shape index (κ3) is 2.95. The third-order valence-electron chi connectivity index (χ3n) is 3.88. The highest BCUT2D eigenvalue weighted by Crippen LogP contribution is 2.28. The van der Waals surface area contributed by atoms with Crippen LogP contribution in [0.4, 0.5) is 10.1 Å². The van der Waals surface area contributed by atoms with Gasteiger partial charge in [0.2, 0.25) is 0 Å². The minimum atomic E-state index is -0.978.